The molecule has 1 fully saturated rings. The number of benzene rings is 1. The number of nitrogens with one attached hydrogen (secondary N) is 1. The van der Waals surface area contributed by atoms with Gasteiger partial charge in [0.1, 0.15) is 5.82 Å². The van der Waals surface area contributed by atoms with E-state index in [0.29, 0.717) is 18.2 Å². The van der Waals surface area contributed by atoms with E-state index in [0.717, 1.165) is 37.2 Å². The number of carbonyl (C=O) groups excluding carboxylic acids is 1. The molecule has 28 heavy (non-hydrogen) atoms. The van der Waals surface area contributed by atoms with Crippen molar-refractivity contribution >= 4 is 5.91 Å². The second-order valence-electron chi connectivity index (χ2n) is 6.95. The zero-order valence-corrected chi connectivity index (χ0v) is 15.5. The highest BCUT2D eigenvalue weighted by Gasteiger charge is 2.23. The van der Waals surface area contributed by atoms with Gasteiger partial charge in [0.05, 0.1) is 11.9 Å². The maximum Gasteiger partial charge on any atom is 0.253 e. The molecule has 0 spiro atoms. The average Bonchev–Trinajstić information content (AvgIpc) is 3.22. The van der Waals surface area contributed by atoms with E-state index < -0.39 is 0 Å². The highest BCUT2D eigenvalue weighted by atomic mass is 19.1. The number of nitrogens with zero attached hydrogens (tertiary/aromatic N) is 4. The fourth-order valence-electron chi connectivity index (χ4n) is 3.41. The number of carbonyl (C=O) groups is 1. The molecule has 0 unspecified atom stereocenters. The van der Waals surface area contributed by atoms with Crippen LogP contribution in [0, 0.1) is 5.82 Å². The summed E-state index contributed by atoms with van der Waals surface area (Å²) in [5, 5.41) is 7.89. The molecule has 1 saturated heterocycles. The largest absolute Gasteiger partial charge is 0.339 e. The van der Waals surface area contributed by atoms with Gasteiger partial charge in [-0.15, -0.1) is 0 Å². The molecule has 2 aromatic heterocycles. The lowest BCUT2D eigenvalue weighted by molar-refractivity contribution is 0.0704. The molecule has 0 saturated carbocycles. The second kappa shape index (κ2) is 8.31. The molecule has 1 N–H and O–H groups in total. The van der Waals surface area contributed by atoms with Gasteiger partial charge in [-0.2, -0.15) is 5.10 Å². The number of piperidine rings is 1. The lowest BCUT2D eigenvalue weighted by atomic mass is 10.0. The van der Waals surface area contributed by atoms with E-state index in [2.05, 4.69) is 15.4 Å². The Morgan fingerprint density at radius 1 is 1.11 bits per heavy atom. The van der Waals surface area contributed by atoms with Crippen molar-refractivity contribution in [2.75, 3.05) is 13.1 Å². The summed E-state index contributed by atoms with van der Waals surface area (Å²) in [5.41, 5.74) is 2.59. The van der Waals surface area contributed by atoms with Crippen LogP contribution in [0.5, 0.6) is 0 Å². The van der Waals surface area contributed by atoms with Crippen molar-refractivity contribution in [2.45, 2.75) is 25.4 Å². The minimum Gasteiger partial charge on any atom is -0.339 e. The number of halogens is 1. The van der Waals surface area contributed by atoms with Gasteiger partial charge in [-0.25, -0.2) is 9.07 Å². The van der Waals surface area contributed by atoms with Crippen molar-refractivity contribution in [3.63, 3.8) is 0 Å². The van der Waals surface area contributed by atoms with Gasteiger partial charge in [-0.05, 0) is 49.2 Å². The van der Waals surface area contributed by atoms with Gasteiger partial charge in [0.25, 0.3) is 5.91 Å². The molecule has 1 aromatic carbocycles. The predicted octanol–water partition coefficient (Wildman–Crippen LogP) is 2.80. The van der Waals surface area contributed by atoms with E-state index in [1.165, 1.54) is 12.1 Å². The Hall–Kier alpha value is -3.06. The van der Waals surface area contributed by atoms with Gasteiger partial charge < -0.3 is 10.2 Å². The summed E-state index contributed by atoms with van der Waals surface area (Å²) < 4.78 is 14.8. The Morgan fingerprint density at radius 3 is 2.54 bits per heavy atom. The third-order valence-electron chi connectivity index (χ3n) is 5.03. The van der Waals surface area contributed by atoms with Crippen molar-refractivity contribution in [1.82, 2.24) is 25.0 Å². The molecular formula is C21H22FN5O. The van der Waals surface area contributed by atoms with E-state index in [1.807, 2.05) is 17.3 Å². The summed E-state index contributed by atoms with van der Waals surface area (Å²) >= 11 is 0. The second-order valence-corrected chi connectivity index (χ2v) is 6.95. The minimum absolute atomic E-state index is 0.0708. The van der Waals surface area contributed by atoms with Crippen LogP contribution < -0.4 is 5.32 Å². The highest BCUT2D eigenvalue weighted by molar-refractivity contribution is 5.94. The zero-order chi connectivity index (χ0) is 19.3. The number of hydrogen-bond acceptors (Lipinski definition) is 4. The molecule has 0 aliphatic carbocycles. The maximum absolute atomic E-state index is 13.0. The summed E-state index contributed by atoms with van der Waals surface area (Å²) in [4.78, 5) is 18.3. The first-order valence-electron chi connectivity index (χ1n) is 9.41. The fourth-order valence-corrected chi connectivity index (χ4v) is 3.41. The first-order valence-corrected chi connectivity index (χ1v) is 9.41. The molecule has 0 atom stereocenters. The summed E-state index contributed by atoms with van der Waals surface area (Å²) in [5.74, 6) is -0.187. The SMILES string of the molecule is O=C(c1ccncc1)N1CCC(NCc2cnn(-c3ccc(F)cc3)c2)CC1. The molecule has 0 bridgehead atoms. The Kier molecular flexibility index (Phi) is 5.43. The fraction of sp³-hybridized carbons (Fsp3) is 0.286. The summed E-state index contributed by atoms with van der Waals surface area (Å²) in [6, 6.07) is 10.1. The van der Waals surface area contributed by atoms with Crippen molar-refractivity contribution in [3.8, 4) is 5.69 Å². The normalized spacial score (nSPS) is 15.0. The maximum atomic E-state index is 13.0. The Labute approximate surface area is 163 Å². The van der Waals surface area contributed by atoms with E-state index in [-0.39, 0.29) is 11.7 Å². The molecule has 1 aliphatic heterocycles. The zero-order valence-electron chi connectivity index (χ0n) is 15.5. The van der Waals surface area contributed by atoms with Crippen molar-refractivity contribution in [1.29, 1.82) is 0 Å². The third-order valence-corrected chi connectivity index (χ3v) is 5.03. The molecular weight excluding hydrogens is 357 g/mol. The molecule has 7 heteroatoms. The standard InChI is InChI=1S/C21H22FN5O/c22-18-1-3-20(4-2-18)27-15-16(14-25-27)13-24-19-7-11-26(12-8-19)21(28)17-5-9-23-10-6-17/h1-6,9-10,14-15,19,24H,7-8,11-13H2. The Morgan fingerprint density at radius 2 is 1.82 bits per heavy atom. The summed E-state index contributed by atoms with van der Waals surface area (Å²) in [7, 11) is 0. The number of amides is 1. The van der Waals surface area contributed by atoms with Crippen LogP contribution in [0.1, 0.15) is 28.8 Å². The first-order chi connectivity index (χ1) is 13.7. The number of rotatable bonds is 5. The van der Waals surface area contributed by atoms with Crippen LogP contribution in [0.15, 0.2) is 61.2 Å². The van der Waals surface area contributed by atoms with Crippen LogP contribution >= 0.6 is 0 Å². The molecule has 1 amide bonds. The summed E-state index contributed by atoms with van der Waals surface area (Å²) in [6.07, 6.45) is 8.90. The number of pyridine rings is 1. The van der Waals surface area contributed by atoms with Crippen LogP contribution in [-0.2, 0) is 6.54 Å². The van der Waals surface area contributed by atoms with Gasteiger partial charge in [0, 0.05) is 55.4 Å². The van der Waals surface area contributed by atoms with Gasteiger partial charge in [-0.1, -0.05) is 0 Å². The third kappa shape index (κ3) is 4.26. The van der Waals surface area contributed by atoms with Crippen LogP contribution in [0.3, 0.4) is 0 Å². The molecule has 144 valence electrons. The molecule has 6 nitrogen and oxygen atoms in total. The minimum atomic E-state index is -0.258. The monoisotopic (exact) mass is 379 g/mol. The van der Waals surface area contributed by atoms with E-state index in [1.54, 1.807) is 41.3 Å². The van der Waals surface area contributed by atoms with Crippen LogP contribution in [0.25, 0.3) is 5.69 Å². The van der Waals surface area contributed by atoms with E-state index >= 15 is 0 Å². The van der Waals surface area contributed by atoms with E-state index in [4.69, 9.17) is 0 Å². The van der Waals surface area contributed by atoms with Crippen LogP contribution in [0.4, 0.5) is 4.39 Å². The highest BCUT2D eigenvalue weighted by Crippen LogP contribution is 2.15. The average molecular weight is 379 g/mol. The van der Waals surface area contributed by atoms with Crippen molar-refractivity contribution < 1.29 is 9.18 Å². The Balaban J connectivity index is 1.27. The van der Waals surface area contributed by atoms with Gasteiger partial charge in [0.2, 0.25) is 0 Å². The van der Waals surface area contributed by atoms with Gasteiger partial charge >= 0.3 is 0 Å². The lowest BCUT2D eigenvalue weighted by Crippen LogP contribution is -2.44. The molecule has 3 aromatic rings. The van der Waals surface area contributed by atoms with Crippen LogP contribution in [-0.4, -0.2) is 44.7 Å². The van der Waals surface area contributed by atoms with Crippen molar-refractivity contribution in [3.05, 3.63) is 78.1 Å². The quantitative estimate of drug-likeness (QED) is 0.741. The summed E-state index contributed by atoms with van der Waals surface area (Å²) in [6.45, 7) is 2.20. The van der Waals surface area contributed by atoms with E-state index in [9.17, 15) is 9.18 Å². The first kappa shape index (κ1) is 18.3. The number of likely N-dealkylation sites (tertiary alicyclic amines) is 1. The lowest BCUT2D eigenvalue weighted by Gasteiger charge is -2.32. The Bertz CT molecular complexity index is 917. The van der Waals surface area contributed by atoms with Gasteiger partial charge in [0.15, 0.2) is 0 Å². The smallest absolute Gasteiger partial charge is 0.253 e. The topological polar surface area (TPSA) is 63.1 Å². The number of hydrogen-bond donors (Lipinski definition) is 1. The van der Waals surface area contributed by atoms with Gasteiger partial charge in [-0.3, -0.25) is 9.78 Å². The number of aromatic nitrogens is 3. The predicted molar refractivity (Wildman–Crippen MR) is 104 cm³/mol. The van der Waals surface area contributed by atoms with Crippen molar-refractivity contribution in [2.24, 2.45) is 0 Å². The molecule has 0 radical (unpaired) electrons. The molecule has 3 heterocycles. The molecule has 1 aliphatic rings. The molecule has 4 rings (SSSR count). The van der Waals surface area contributed by atoms with Crippen LogP contribution in [0.2, 0.25) is 0 Å².